The summed E-state index contributed by atoms with van der Waals surface area (Å²) in [5.74, 6) is 2.60. The standard InChI is InChI=1S/C22H30N4O4/c1-3-26(14-18-4-5-20-21(13-18)29-11-10-28-20)22(27)16-25-8-6-24(7-9-25)15-19-12-17(2)23-30-19/h4-5,12-13H,3,6-11,14-16H2,1-2H3. The largest absolute Gasteiger partial charge is 0.486 e. The maximum absolute atomic E-state index is 12.9. The van der Waals surface area contributed by atoms with Crippen molar-refractivity contribution in [1.29, 1.82) is 0 Å². The van der Waals surface area contributed by atoms with Crippen LogP contribution in [0.3, 0.4) is 0 Å². The highest BCUT2D eigenvalue weighted by atomic mass is 16.6. The van der Waals surface area contributed by atoms with Crippen molar-refractivity contribution in [1.82, 2.24) is 19.9 Å². The average molecular weight is 415 g/mol. The lowest BCUT2D eigenvalue weighted by Crippen LogP contribution is -2.49. The number of carbonyl (C=O) groups excluding carboxylic acids is 1. The van der Waals surface area contributed by atoms with Crippen molar-refractivity contribution in [3.05, 3.63) is 41.3 Å². The molecule has 8 nitrogen and oxygen atoms in total. The van der Waals surface area contributed by atoms with E-state index in [1.807, 2.05) is 43.0 Å². The number of hydrogen-bond acceptors (Lipinski definition) is 7. The van der Waals surface area contributed by atoms with Crippen LogP contribution in [0.1, 0.15) is 23.9 Å². The molecule has 0 atom stereocenters. The fourth-order valence-corrected chi connectivity index (χ4v) is 3.89. The lowest BCUT2D eigenvalue weighted by Gasteiger charge is -2.34. The average Bonchev–Trinajstić information content (AvgIpc) is 3.17. The van der Waals surface area contributed by atoms with E-state index in [4.69, 9.17) is 14.0 Å². The molecule has 1 amide bonds. The zero-order chi connectivity index (χ0) is 20.9. The molecule has 2 aromatic rings. The van der Waals surface area contributed by atoms with Gasteiger partial charge >= 0.3 is 0 Å². The molecule has 1 aromatic heterocycles. The number of hydrogen-bond donors (Lipinski definition) is 0. The number of rotatable bonds is 7. The molecule has 1 saturated heterocycles. The number of nitrogens with zero attached hydrogens (tertiary/aromatic N) is 4. The second-order valence-corrected chi connectivity index (χ2v) is 7.87. The lowest BCUT2D eigenvalue weighted by molar-refractivity contribution is -0.133. The summed E-state index contributed by atoms with van der Waals surface area (Å²) in [5.41, 5.74) is 1.97. The highest BCUT2D eigenvalue weighted by Crippen LogP contribution is 2.31. The molecule has 0 N–H and O–H groups in total. The molecule has 8 heteroatoms. The first-order chi connectivity index (χ1) is 14.6. The number of fused-ring (bicyclic) bond motifs is 1. The first-order valence-corrected chi connectivity index (χ1v) is 10.6. The van der Waals surface area contributed by atoms with Gasteiger partial charge in [0.25, 0.3) is 0 Å². The van der Waals surface area contributed by atoms with Crippen LogP contribution in [0.2, 0.25) is 0 Å². The Balaban J connectivity index is 1.26. The third-order valence-electron chi connectivity index (χ3n) is 5.59. The zero-order valence-corrected chi connectivity index (χ0v) is 17.8. The van der Waals surface area contributed by atoms with Gasteiger partial charge in [0.15, 0.2) is 17.3 Å². The number of aryl methyl sites for hydroxylation is 1. The molecular weight excluding hydrogens is 384 g/mol. The molecule has 2 aliphatic rings. The van der Waals surface area contributed by atoms with E-state index in [0.29, 0.717) is 32.8 Å². The molecular formula is C22H30N4O4. The van der Waals surface area contributed by atoms with Crippen LogP contribution in [0.15, 0.2) is 28.8 Å². The van der Waals surface area contributed by atoms with Crippen LogP contribution in [0, 0.1) is 6.92 Å². The highest BCUT2D eigenvalue weighted by Gasteiger charge is 2.22. The minimum absolute atomic E-state index is 0.159. The van der Waals surface area contributed by atoms with E-state index >= 15 is 0 Å². The highest BCUT2D eigenvalue weighted by molar-refractivity contribution is 5.78. The fourth-order valence-electron chi connectivity index (χ4n) is 3.89. The van der Waals surface area contributed by atoms with Crippen molar-refractivity contribution >= 4 is 5.91 Å². The van der Waals surface area contributed by atoms with Gasteiger partial charge in [0, 0.05) is 45.3 Å². The van der Waals surface area contributed by atoms with Gasteiger partial charge in [0.1, 0.15) is 13.2 Å². The maximum atomic E-state index is 12.9. The number of aromatic nitrogens is 1. The van der Waals surface area contributed by atoms with Crippen molar-refractivity contribution in [2.24, 2.45) is 0 Å². The van der Waals surface area contributed by atoms with Crippen LogP contribution in [0.4, 0.5) is 0 Å². The first-order valence-electron chi connectivity index (χ1n) is 10.6. The maximum Gasteiger partial charge on any atom is 0.237 e. The van der Waals surface area contributed by atoms with Gasteiger partial charge in [0.05, 0.1) is 18.8 Å². The van der Waals surface area contributed by atoms with Gasteiger partial charge in [-0.25, -0.2) is 0 Å². The molecule has 3 heterocycles. The Hall–Kier alpha value is -2.58. The molecule has 0 radical (unpaired) electrons. The molecule has 2 aliphatic heterocycles. The number of carbonyl (C=O) groups is 1. The van der Waals surface area contributed by atoms with E-state index in [1.54, 1.807) is 0 Å². The predicted octanol–water partition coefficient (Wildman–Crippen LogP) is 1.92. The molecule has 1 fully saturated rings. The Bertz CT molecular complexity index is 861. The molecule has 0 spiro atoms. The van der Waals surface area contributed by atoms with E-state index in [9.17, 15) is 4.79 Å². The summed E-state index contributed by atoms with van der Waals surface area (Å²) < 4.78 is 16.6. The third-order valence-corrected chi connectivity index (χ3v) is 5.59. The SMILES string of the molecule is CCN(Cc1ccc2c(c1)OCCO2)C(=O)CN1CCN(Cc2cc(C)no2)CC1. The normalized spacial score (nSPS) is 17.1. The number of piperazine rings is 1. The molecule has 30 heavy (non-hydrogen) atoms. The van der Waals surface area contributed by atoms with Gasteiger partial charge in [-0.15, -0.1) is 0 Å². The van der Waals surface area contributed by atoms with Gasteiger partial charge in [0.2, 0.25) is 5.91 Å². The third kappa shape index (κ3) is 5.12. The van der Waals surface area contributed by atoms with E-state index in [0.717, 1.165) is 61.2 Å². The van der Waals surface area contributed by atoms with Gasteiger partial charge in [-0.2, -0.15) is 0 Å². The van der Waals surface area contributed by atoms with Crippen molar-refractivity contribution < 1.29 is 18.8 Å². The summed E-state index contributed by atoms with van der Waals surface area (Å²) in [6.45, 7) is 11.2. The molecule has 162 valence electrons. The summed E-state index contributed by atoms with van der Waals surface area (Å²) in [7, 11) is 0. The number of ether oxygens (including phenoxy) is 2. The summed E-state index contributed by atoms with van der Waals surface area (Å²) in [6.07, 6.45) is 0. The van der Waals surface area contributed by atoms with E-state index in [2.05, 4.69) is 15.0 Å². The summed E-state index contributed by atoms with van der Waals surface area (Å²) >= 11 is 0. The van der Waals surface area contributed by atoms with E-state index in [1.165, 1.54) is 0 Å². The van der Waals surface area contributed by atoms with Gasteiger partial charge < -0.3 is 18.9 Å². The second-order valence-electron chi connectivity index (χ2n) is 7.87. The van der Waals surface area contributed by atoms with E-state index < -0.39 is 0 Å². The fraction of sp³-hybridized carbons (Fsp3) is 0.545. The minimum Gasteiger partial charge on any atom is -0.486 e. The predicted molar refractivity (Wildman–Crippen MR) is 111 cm³/mol. The number of benzene rings is 1. The van der Waals surface area contributed by atoms with Crippen molar-refractivity contribution in [3.8, 4) is 11.5 Å². The van der Waals surface area contributed by atoms with Crippen LogP contribution < -0.4 is 9.47 Å². The molecule has 0 aliphatic carbocycles. The Labute approximate surface area is 177 Å². The molecule has 0 saturated carbocycles. The minimum atomic E-state index is 0.159. The molecule has 1 aromatic carbocycles. The first kappa shape index (κ1) is 20.7. The quantitative estimate of drug-likeness (QED) is 0.685. The monoisotopic (exact) mass is 414 g/mol. The van der Waals surface area contributed by atoms with Crippen LogP contribution in [-0.2, 0) is 17.9 Å². The Kier molecular flexibility index (Phi) is 6.54. The van der Waals surface area contributed by atoms with Gasteiger partial charge in [-0.1, -0.05) is 11.2 Å². The topological polar surface area (TPSA) is 71.3 Å². The summed E-state index contributed by atoms with van der Waals surface area (Å²) in [5, 5.41) is 3.95. The Morgan fingerprint density at radius 1 is 1.07 bits per heavy atom. The van der Waals surface area contributed by atoms with Crippen LogP contribution >= 0.6 is 0 Å². The lowest BCUT2D eigenvalue weighted by atomic mass is 10.1. The van der Waals surface area contributed by atoms with Crippen LogP contribution in [0.5, 0.6) is 11.5 Å². The van der Waals surface area contributed by atoms with Crippen molar-refractivity contribution in [2.45, 2.75) is 26.9 Å². The van der Waals surface area contributed by atoms with Gasteiger partial charge in [-0.05, 0) is 31.5 Å². The van der Waals surface area contributed by atoms with E-state index in [-0.39, 0.29) is 5.91 Å². The number of likely N-dealkylation sites (N-methyl/N-ethyl adjacent to an activating group) is 1. The second kappa shape index (κ2) is 9.49. The Morgan fingerprint density at radius 2 is 1.80 bits per heavy atom. The van der Waals surface area contributed by atoms with Crippen LogP contribution in [-0.4, -0.2) is 78.2 Å². The zero-order valence-electron chi connectivity index (χ0n) is 17.8. The molecule has 0 bridgehead atoms. The molecule has 4 rings (SSSR count). The smallest absolute Gasteiger partial charge is 0.237 e. The number of amides is 1. The van der Waals surface area contributed by atoms with Crippen molar-refractivity contribution in [3.63, 3.8) is 0 Å². The van der Waals surface area contributed by atoms with Crippen molar-refractivity contribution in [2.75, 3.05) is 52.5 Å². The Morgan fingerprint density at radius 3 is 2.50 bits per heavy atom. The summed E-state index contributed by atoms with van der Waals surface area (Å²) in [4.78, 5) is 19.4. The molecule has 0 unspecified atom stereocenters. The summed E-state index contributed by atoms with van der Waals surface area (Å²) in [6, 6.07) is 7.89. The van der Waals surface area contributed by atoms with Gasteiger partial charge in [-0.3, -0.25) is 14.6 Å². The van der Waals surface area contributed by atoms with Crippen LogP contribution in [0.25, 0.3) is 0 Å².